The molecule has 2 rings (SSSR count). The molecule has 0 saturated carbocycles. The third kappa shape index (κ3) is 4.32. The first-order chi connectivity index (χ1) is 9.77. The number of carboxylic acid groups (broad SMARTS) is 1. The Morgan fingerprint density at radius 3 is 1.33 bits per heavy atom. The maximum atomic E-state index is 10.2. The zero-order chi connectivity index (χ0) is 16.2. The van der Waals surface area contributed by atoms with Crippen molar-refractivity contribution >= 4 is 52.4 Å². The molecule has 21 heavy (non-hydrogen) atoms. The van der Waals surface area contributed by atoms with Crippen LogP contribution < -0.4 is 0 Å². The molecule has 0 aliphatic carbocycles. The minimum Gasteiger partial charge on any atom is -0.505 e. The highest BCUT2D eigenvalue weighted by Gasteiger charge is 2.18. The van der Waals surface area contributed by atoms with Gasteiger partial charge < -0.3 is 15.3 Å². The van der Waals surface area contributed by atoms with Crippen molar-refractivity contribution in [3.8, 4) is 11.5 Å². The molecule has 0 aliphatic rings. The minimum atomic E-state index is -0.879. The predicted octanol–water partition coefficient (Wildman–Crippen LogP) is 5.10. The number of phenolic OH excluding ortho intramolecular Hbond substituents is 2. The van der Waals surface area contributed by atoms with Gasteiger partial charge in [-0.25, -0.2) is 4.79 Å². The predicted molar refractivity (Wildman–Crippen MR) is 83.2 cm³/mol. The summed E-state index contributed by atoms with van der Waals surface area (Å²) in [4.78, 5) is 10.2. The molecule has 0 spiro atoms. The lowest BCUT2D eigenvalue weighted by molar-refractivity contribution is 0.0697. The van der Waals surface area contributed by atoms with E-state index in [9.17, 15) is 4.79 Å². The molecule has 0 saturated heterocycles. The van der Waals surface area contributed by atoms with E-state index in [0.29, 0.717) is 5.56 Å². The first-order valence-corrected chi connectivity index (χ1v) is 6.80. The van der Waals surface area contributed by atoms with Crippen molar-refractivity contribution in [1.82, 2.24) is 0 Å². The second kappa shape index (κ2) is 7.61. The second-order valence-corrected chi connectivity index (χ2v) is 5.14. The summed E-state index contributed by atoms with van der Waals surface area (Å²) in [6, 6.07) is 8.30. The molecule has 0 atom stereocenters. The summed E-state index contributed by atoms with van der Waals surface area (Å²) in [5.74, 6) is -1.76. The lowest BCUT2D eigenvalue weighted by Gasteiger charge is -2.06. The molecule has 0 aliphatic heterocycles. The van der Waals surface area contributed by atoms with Gasteiger partial charge in [0.15, 0.2) is 11.5 Å². The number of benzene rings is 2. The Hall–Kier alpha value is -1.33. The number of aromatic hydroxyl groups is 2. The van der Waals surface area contributed by atoms with Gasteiger partial charge in [-0.05, 0) is 12.1 Å². The number of rotatable bonds is 1. The SMILES string of the molecule is O=C(O)c1ccccc1.Oc1c(Cl)c(Cl)c(O)c(Cl)c1Cl. The first-order valence-electron chi connectivity index (χ1n) is 5.29. The van der Waals surface area contributed by atoms with Crippen LogP contribution >= 0.6 is 46.4 Å². The van der Waals surface area contributed by atoms with Crippen LogP contribution in [0.3, 0.4) is 0 Å². The molecule has 0 aromatic heterocycles. The number of carboxylic acids is 1. The van der Waals surface area contributed by atoms with Crippen molar-refractivity contribution in [2.24, 2.45) is 0 Å². The van der Waals surface area contributed by atoms with E-state index in [0.717, 1.165) is 0 Å². The Morgan fingerprint density at radius 1 is 0.762 bits per heavy atom. The summed E-state index contributed by atoms with van der Waals surface area (Å²) in [5.41, 5.74) is 0.331. The van der Waals surface area contributed by atoms with Crippen LogP contribution in [0.15, 0.2) is 30.3 Å². The van der Waals surface area contributed by atoms with Crippen LogP contribution in [0.5, 0.6) is 11.5 Å². The molecule has 8 heteroatoms. The van der Waals surface area contributed by atoms with Crippen molar-refractivity contribution in [1.29, 1.82) is 0 Å². The standard InChI is InChI=1S/C7H6O2.C6H2Cl4O2/c8-7(9)6-4-2-1-3-5-6;7-1-2(8)6(12)4(10)3(9)5(1)11/h1-5H,(H,8,9);11-12H. The molecule has 4 nitrogen and oxygen atoms in total. The van der Waals surface area contributed by atoms with Gasteiger partial charge in [-0.15, -0.1) is 0 Å². The quantitative estimate of drug-likeness (QED) is 0.482. The molecule has 0 radical (unpaired) electrons. The van der Waals surface area contributed by atoms with Gasteiger partial charge in [0.25, 0.3) is 0 Å². The van der Waals surface area contributed by atoms with Crippen LogP contribution in [0.25, 0.3) is 0 Å². The molecule has 0 bridgehead atoms. The monoisotopic (exact) mass is 368 g/mol. The molecule has 0 heterocycles. The van der Waals surface area contributed by atoms with Crippen LogP contribution in [0.2, 0.25) is 20.1 Å². The molecular formula is C13H8Cl4O4. The maximum Gasteiger partial charge on any atom is 0.335 e. The molecule has 112 valence electrons. The fourth-order valence-corrected chi connectivity index (χ4v) is 2.02. The molecule has 2 aromatic carbocycles. The molecular weight excluding hydrogens is 362 g/mol. The van der Waals surface area contributed by atoms with E-state index >= 15 is 0 Å². The van der Waals surface area contributed by atoms with Crippen LogP contribution in [0.4, 0.5) is 0 Å². The van der Waals surface area contributed by atoms with Gasteiger partial charge in [0.05, 0.1) is 5.56 Å². The van der Waals surface area contributed by atoms with Gasteiger partial charge in [0.1, 0.15) is 20.1 Å². The smallest absolute Gasteiger partial charge is 0.335 e. The van der Waals surface area contributed by atoms with Gasteiger partial charge in [0.2, 0.25) is 0 Å². The molecule has 2 aromatic rings. The number of halogens is 4. The van der Waals surface area contributed by atoms with Crippen molar-refractivity contribution in [3.05, 3.63) is 56.0 Å². The van der Waals surface area contributed by atoms with Gasteiger partial charge in [-0.3, -0.25) is 0 Å². The summed E-state index contributed by atoms with van der Waals surface area (Å²) in [5, 5.41) is 25.8. The third-order valence-corrected chi connectivity index (χ3v) is 3.90. The number of carbonyl (C=O) groups is 1. The Balaban J connectivity index is 0.000000219. The van der Waals surface area contributed by atoms with Crippen molar-refractivity contribution in [2.75, 3.05) is 0 Å². The summed E-state index contributed by atoms with van der Waals surface area (Å²) in [6.45, 7) is 0. The van der Waals surface area contributed by atoms with Crippen LogP contribution in [0.1, 0.15) is 10.4 Å². The lowest BCUT2D eigenvalue weighted by atomic mass is 10.2. The zero-order valence-corrected chi connectivity index (χ0v) is 13.2. The van der Waals surface area contributed by atoms with Crippen molar-refractivity contribution in [3.63, 3.8) is 0 Å². The summed E-state index contributed by atoms with van der Waals surface area (Å²) in [7, 11) is 0. The summed E-state index contributed by atoms with van der Waals surface area (Å²) in [6.07, 6.45) is 0. The third-order valence-electron chi connectivity index (χ3n) is 2.24. The Morgan fingerprint density at radius 2 is 1.10 bits per heavy atom. The van der Waals surface area contributed by atoms with Gasteiger partial charge in [0, 0.05) is 0 Å². The number of aromatic carboxylic acids is 1. The van der Waals surface area contributed by atoms with Crippen molar-refractivity contribution in [2.45, 2.75) is 0 Å². The minimum absolute atomic E-state index is 0.219. The second-order valence-electron chi connectivity index (χ2n) is 3.62. The average Bonchev–Trinajstić information content (AvgIpc) is 2.50. The average molecular weight is 370 g/mol. The number of hydrogen-bond donors (Lipinski definition) is 3. The Kier molecular flexibility index (Phi) is 6.42. The maximum absolute atomic E-state index is 10.2. The number of phenols is 2. The van der Waals surface area contributed by atoms with E-state index < -0.39 is 17.5 Å². The van der Waals surface area contributed by atoms with Crippen LogP contribution in [-0.2, 0) is 0 Å². The summed E-state index contributed by atoms with van der Waals surface area (Å²) < 4.78 is 0. The Labute approximate surface area is 140 Å². The van der Waals surface area contributed by atoms with E-state index in [1.807, 2.05) is 0 Å². The van der Waals surface area contributed by atoms with Crippen molar-refractivity contribution < 1.29 is 20.1 Å². The van der Waals surface area contributed by atoms with E-state index in [1.54, 1.807) is 30.3 Å². The van der Waals surface area contributed by atoms with E-state index in [-0.39, 0.29) is 20.1 Å². The molecule has 0 unspecified atom stereocenters. The van der Waals surface area contributed by atoms with Crippen LogP contribution in [0, 0.1) is 0 Å². The zero-order valence-electron chi connectivity index (χ0n) is 10.1. The first kappa shape index (κ1) is 17.7. The molecule has 3 N–H and O–H groups in total. The topological polar surface area (TPSA) is 77.8 Å². The highest BCUT2D eigenvalue weighted by molar-refractivity contribution is 6.50. The Bertz CT molecular complexity index is 554. The summed E-state index contributed by atoms with van der Waals surface area (Å²) >= 11 is 21.9. The fraction of sp³-hybridized carbons (Fsp3) is 0. The van der Waals surface area contributed by atoms with E-state index in [4.69, 9.17) is 61.7 Å². The van der Waals surface area contributed by atoms with Gasteiger partial charge in [-0.2, -0.15) is 0 Å². The van der Waals surface area contributed by atoms with Gasteiger partial charge >= 0.3 is 5.97 Å². The normalized spacial score (nSPS) is 9.71. The van der Waals surface area contributed by atoms with Gasteiger partial charge in [-0.1, -0.05) is 64.6 Å². The highest BCUT2D eigenvalue weighted by atomic mass is 35.5. The number of hydrogen-bond acceptors (Lipinski definition) is 3. The molecule has 0 amide bonds. The van der Waals surface area contributed by atoms with Crippen LogP contribution in [-0.4, -0.2) is 21.3 Å². The van der Waals surface area contributed by atoms with E-state index in [2.05, 4.69) is 0 Å². The van der Waals surface area contributed by atoms with E-state index in [1.165, 1.54) is 0 Å². The largest absolute Gasteiger partial charge is 0.505 e. The highest BCUT2D eigenvalue weighted by Crippen LogP contribution is 2.48. The molecule has 0 fully saturated rings. The lowest BCUT2D eigenvalue weighted by Crippen LogP contribution is -1.93. The fourth-order valence-electron chi connectivity index (χ4n) is 1.19.